The number of aromatic nitrogens is 1. The fourth-order valence-corrected chi connectivity index (χ4v) is 2.92. The number of nitrogens with zero attached hydrogens (tertiary/aromatic N) is 2. The predicted octanol–water partition coefficient (Wildman–Crippen LogP) is 1.50. The van der Waals surface area contributed by atoms with Crippen molar-refractivity contribution in [3.63, 3.8) is 0 Å². The van der Waals surface area contributed by atoms with Gasteiger partial charge in [0.15, 0.2) is 5.78 Å². The Kier molecular flexibility index (Phi) is 2.51. The van der Waals surface area contributed by atoms with E-state index in [9.17, 15) is 14.4 Å². The summed E-state index contributed by atoms with van der Waals surface area (Å²) in [5.74, 6) is -0.592. The van der Waals surface area contributed by atoms with Crippen molar-refractivity contribution in [2.75, 3.05) is 6.54 Å². The molecule has 1 aliphatic heterocycles. The highest BCUT2D eigenvalue weighted by atomic mass is 16.1. The smallest absolute Gasteiger partial charge is 0.212 e. The number of ketones is 3. The van der Waals surface area contributed by atoms with Crippen molar-refractivity contribution in [2.24, 2.45) is 7.05 Å². The first-order valence-electron chi connectivity index (χ1n) is 6.62. The molecule has 0 radical (unpaired) electrons. The number of hydrogen-bond acceptors (Lipinski definition) is 4. The summed E-state index contributed by atoms with van der Waals surface area (Å²) in [6, 6.07) is 0.283. The van der Waals surface area contributed by atoms with Crippen molar-refractivity contribution in [1.29, 1.82) is 0 Å². The van der Waals surface area contributed by atoms with Crippen molar-refractivity contribution >= 4 is 17.3 Å². The van der Waals surface area contributed by atoms with Crippen LogP contribution in [0.4, 0.5) is 0 Å². The van der Waals surface area contributed by atoms with E-state index in [0.717, 1.165) is 6.54 Å². The van der Waals surface area contributed by atoms with Gasteiger partial charge in [-0.05, 0) is 20.8 Å². The summed E-state index contributed by atoms with van der Waals surface area (Å²) in [6.07, 6.45) is 1.40. The van der Waals surface area contributed by atoms with Gasteiger partial charge in [0.2, 0.25) is 11.6 Å². The first kappa shape index (κ1) is 12.8. The Hall–Kier alpha value is -2.17. The maximum absolute atomic E-state index is 12.7. The number of fused-ring (bicyclic) bond motifs is 1. The number of carbonyl (C=O) groups is 3. The number of allylic oxidation sites excluding steroid dienone is 2. The minimum Gasteiger partial charge on any atom is -0.362 e. The third-order valence-corrected chi connectivity index (χ3v) is 4.17. The summed E-state index contributed by atoms with van der Waals surface area (Å²) in [5, 5.41) is 0. The van der Waals surface area contributed by atoms with Crippen LogP contribution in [0.15, 0.2) is 11.8 Å². The third kappa shape index (κ3) is 1.52. The van der Waals surface area contributed by atoms with Gasteiger partial charge in [-0.25, -0.2) is 0 Å². The van der Waals surface area contributed by atoms with Crippen LogP contribution in [0.2, 0.25) is 0 Å². The van der Waals surface area contributed by atoms with Crippen LogP contribution in [0.3, 0.4) is 0 Å². The van der Waals surface area contributed by atoms with Crippen LogP contribution >= 0.6 is 0 Å². The summed E-state index contributed by atoms with van der Waals surface area (Å²) in [7, 11) is 1.71. The molecule has 5 heteroatoms. The molecule has 2 heterocycles. The van der Waals surface area contributed by atoms with E-state index in [4.69, 9.17) is 0 Å². The molecule has 3 rings (SSSR count). The molecule has 1 unspecified atom stereocenters. The number of hydrogen-bond donors (Lipinski definition) is 0. The molecule has 1 aromatic rings. The lowest BCUT2D eigenvalue weighted by Gasteiger charge is -2.15. The lowest BCUT2D eigenvalue weighted by molar-refractivity contribution is 0.0956. The van der Waals surface area contributed by atoms with Crippen LogP contribution in [-0.2, 0) is 7.05 Å². The van der Waals surface area contributed by atoms with Crippen molar-refractivity contribution in [3.8, 4) is 0 Å². The molecule has 0 saturated carbocycles. The van der Waals surface area contributed by atoms with E-state index in [1.807, 2.05) is 11.8 Å². The standard InChI is InChI=1S/C15H16N2O3/c1-7-6-17(7)10-5-11(19)14-13(15(10)20)12(9(3)18)8(2)16(14)4/h5,7H,6H2,1-4H3. The number of rotatable bonds is 2. The zero-order valence-electron chi connectivity index (χ0n) is 12.0. The normalized spacial score (nSPS) is 20.9. The van der Waals surface area contributed by atoms with Crippen LogP contribution < -0.4 is 0 Å². The molecule has 1 aromatic heterocycles. The summed E-state index contributed by atoms with van der Waals surface area (Å²) in [5.41, 5.74) is 2.07. The minimum atomic E-state index is -0.210. The molecule has 0 aromatic carbocycles. The molecule has 2 aliphatic rings. The molecule has 1 aliphatic carbocycles. The average molecular weight is 272 g/mol. The molecule has 0 N–H and O–H groups in total. The number of carbonyl (C=O) groups excluding carboxylic acids is 3. The molecule has 1 atom stereocenters. The highest BCUT2D eigenvalue weighted by Crippen LogP contribution is 2.34. The Morgan fingerprint density at radius 1 is 1.35 bits per heavy atom. The summed E-state index contributed by atoms with van der Waals surface area (Å²) in [4.78, 5) is 38.7. The van der Waals surface area contributed by atoms with Crippen LogP contribution in [0.25, 0.3) is 0 Å². The Morgan fingerprint density at radius 3 is 2.45 bits per heavy atom. The molecule has 5 nitrogen and oxygen atoms in total. The summed E-state index contributed by atoms with van der Waals surface area (Å²) < 4.78 is 1.64. The van der Waals surface area contributed by atoms with E-state index < -0.39 is 0 Å². The van der Waals surface area contributed by atoms with Gasteiger partial charge in [0, 0.05) is 37.0 Å². The summed E-state index contributed by atoms with van der Waals surface area (Å²) in [6.45, 7) is 5.96. The van der Waals surface area contributed by atoms with Crippen LogP contribution in [0.1, 0.15) is 50.7 Å². The fraction of sp³-hybridized carbons (Fsp3) is 0.400. The van der Waals surface area contributed by atoms with Gasteiger partial charge in [-0.15, -0.1) is 0 Å². The highest BCUT2D eigenvalue weighted by Gasteiger charge is 2.41. The van der Waals surface area contributed by atoms with Crippen LogP contribution in [0.5, 0.6) is 0 Å². The lowest BCUT2D eigenvalue weighted by Crippen LogP contribution is -2.23. The fourth-order valence-electron chi connectivity index (χ4n) is 2.92. The quantitative estimate of drug-likeness (QED) is 0.605. The Balaban J connectivity index is 2.23. The van der Waals surface area contributed by atoms with E-state index in [2.05, 4.69) is 0 Å². The zero-order valence-corrected chi connectivity index (χ0v) is 12.0. The molecule has 0 spiro atoms. The van der Waals surface area contributed by atoms with E-state index >= 15 is 0 Å². The van der Waals surface area contributed by atoms with E-state index in [1.165, 1.54) is 13.0 Å². The first-order chi connectivity index (χ1) is 9.34. The van der Waals surface area contributed by atoms with Crippen molar-refractivity contribution in [3.05, 3.63) is 34.3 Å². The zero-order chi connectivity index (χ0) is 14.8. The van der Waals surface area contributed by atoms with Gasteiger partial charge < -0.3 is 9.47 Å². The molecule has 1 saturated heterocycles. The van der Waals surface area contributed by atoms with Crippen molar-refractivity contribution in [1.82, 2.24) is 9.47 Å². The van der Waals surface area contributed by atoms with Gasteiger partial charge in [-0.2, -0.15) is 0 Å². The van der Waals surface area contributed by atoms with Gasteiger partial charge in [-0.3, -0.25) is 14.4 Å². The Bertz CT molecular complexity index is 709. The third-order valence-electron chi connectivity index (χ3n) is 4.17. The predicted molar refractivity (Wildman–Crippen MR) is 73.1 cm³/mol. The molecule has 1 fully saturated rings. The van der Waals surface area contributed by atoms with E-state index in [0.29, 0.717) is 22.6 Å². The van der Waals surface area contributed by atoms with Gasteiger partial charge in [0.05, 0.1) is 11.3 Å². The molecular weight excluding hydrogens is 256 g/mol. The van der Waals surface area contributed by atoms with Gasteiger partial charge in [0.1, 0.15) is 5.69 Å². The second-order valence-electron chi connectivity index (χ2n) is 5.52. The van der Waals surface area contributed by atoms with E-state index in [1.54, 1.807) is 18.5 Å². The molecule has 0 amide bonds. The Labute approximate surface area is 116 Å². The number of Topliss-reactive ketones (excluding diaryl/α,β-unsaturated/α-hetero) is 2. The SMILES string of the molecule is CC(=O)c1c2c(n(C)c1C)C(=O)C=C(N1CC1C)C2=O. The van der Waals surface area contributed by atoms with Crippen LogP contribution in [0, 0.1) is 6.92 Å². The Morgan fingerprint density at radius 2 is 1.95 bits per heavy atom. The average Bonchev–Trinajstić information content (AvgIpc) is 3.01. The topological polar surface area (TPSA) is 59.1 Å². The largest absolute Gasteiger partial charge is 0.362 e. The molecule has 20 heavy (non-hydrogen) atoms. The molecule has 0 bridgehead atoms. The highest BCUT2D eigenvalue weighted by molar-refractivity contribution is 6.27. The van der Waals surface area contributed by atoms with E-state index in [-0.39, 0.29) is 29.0 Å². The minimum absolute atomic E-state index is 0.180. The van der Waals surface area contributed by atoms with Gasteiger partial charge >= 0.3 is 0 Å². The molecule has 104 valence electrons. The van der Waals surface area contributed by atoms with Gasteiger partial charge in [0.25, 0.3) is 0 Å². The summed E-state index contributed by atoms with van der Waals surface area (Å²) >= 11 is 0. The second-order valence-corrected chi connectivity index (χ2v) is 5.52. The van der Waals surface area contributed by atoms with Gasteiger partial charge in [-0.1, -0.05) is 0 Å². The van der Waals surface area contributed by atoms with Crippen LogP contribution in [-0.4, -0.2) is 39.4 Å². The maximum atomic E-state index is 12.7. The second kappa shape index (κ2) is 3.91. The lowest BCUT2D eigenvalue weighted by atomic mass is 9.93. The van der Waals surface area contributed by atoms with Crippen molar-refractivity contribution in [2.45, 2.75) is 26.8 Å². The van der Waals surface area contributed by atoms with Crippen molar-refractivity contribution < 1.29 is 14.4 Å². The molecular formula is C15H16N2O3. The monoisotopic (exact) mass is 272 g/mol. The first-order valence-corrected chi connectivity index (χ1v) is 6.62. The maximum Gasteiger partial charge on any atom is 0.212 e.